The minimum Gasteiger partial charge on any atom is -0.481 e. The van der Waals surface area contributed by atoms with Crippen LogP contribution in [-0.4, -0.2) is 34.0 Å². The van der Waals surface area contributed by atoms with Crippen molar-refractivity contribution < 1.29 is 9.90 Å². The van der Waals surface area contributed by atoms with Crippen LogP contribution < -0.4 is 0 Å². The van der Waals surface area contributed by atoms with E-state index in [0.717, 1.165) is 42.5 Å². The van der Waals surface area contributed by atoms with Crippen molar-refractivity contribution >= 4 is 32.8 Å². The molecule has 1 aliphatic heterocycles. The molecule has 0 spiro atoms. The maximum atomic E-state index is 10.9. The van der Waals surface area contributed by atoms with Crippen LogP contribution in [0.1, 0.15) is 24.8 Å². The normalized spacial score (nSPS) is 20.0. The van der Waals surface area contributed by atoms with E-state index in [9.17, 15) is 4.79 Å². The lowest BCUT2D eigenvalue weighted by Gasteiger charge is -2.31. The van der Waals surface area contributed by atoms with E-state index in [1.807, 2.05) is 6.07 Å². The highest BCUT2D eigenvalue weighted by molar-refractivity contribution is 9.10. The van der Waals surface area contributed by atoms with E-state index < -0.39 is 5.97 Å². The third kappa shape index (κ3) is 3.47. The van der Waals surface area contributed by atoms with Crippen LogP contribution in [0.15, 0.2) is 28.9 Å². The largest absolute Gasteiger partial charge is 0.481 e. The Balaban J connectivity index is 1.72. The summed E-state index contributed by atoms with van der Waals surface area (Å²) in [5.41, 5.74) is 2.43. The van der Waals surface area contributed by atoms with E-state index in [0.29, 0.717) is 0 Å². The lowest BCUT2D eigenvalue weighted by molar-refractivity contribution is -0.138. The van der Waals surface area contributed by atoms with Gasteiger partial charge in [-0.1, -0.05) is 15.9 Å². The van der Waals surface area contributed by atoms with Crippen LogP contribution >= 0.6 is 15.9 Å². The summed E-state index contributed by atoms with van der Waals surface area (Å²) in [5.74, 6) is -0.397. The van der Waals surface area contributed by atoms with Crippen LogP contribution in [-0.2, 0) is 11.3 Å². The molecule has 0 radical (unpaired) electrons. The predicted octanol–water partition coefficient (Wildman–Crippen LogP) is 3.62. The summed E-state index contributed by atoms with van der Waals surface area (Å²) in [6.07, 6.45) is 4.47. The molecule has 1 aliphatic rings. The number of aromatic nitrogens is 1. The molecule has 1 saturated heterocycles. The van der Waals surface area contributed by atoms with Gasteiger partial charge < -0.3 is 10.1 Å². The number of piperidine rings is 1. The topological polar surface area (TPSA) is 56.3 Å². The molecule has 0 aliphatic carbocycles. The molecule has 2 aromatic rings. The van der Waals surface area contributed by atoms with Gasteiger partial charge in [0.25, 0.3) is 0 Å². The van der Waals surface area contributed by atoms with E-state index in [4.69, 9.17) is 5.11 Å². The number of hydrogen-bond acceptors (Lipinski definition) is 2. The Morgan fingerprint density at radius 3 is 3.14 bits per heavy atom. The van der Waals surface area contributed by atoms with E-state index in [1.165, 1.54) is 10.9 Å². The van der Waals surface area contributed by atoms with Crippen molar-refractivity contribution in [1.82, 2.24) is 9.88 Å². The first-order valence-electron chi connectivity index (χ1n) is 7.31. The van der Waals surface area contributed by atoms with Crippen molar-refractivity contribution in [3.05, 3.63) is 34.4 Å². The number of rotatable bonds is 4. The van der Waals surface area contributed by atoms with Crippen molar-refractivity contribution in [2.75, 3.05) is 13.1 Å². The maximum Gasteiger partial charge on any atom is 0.303 e. The number of aromatic amines is 1. The zero-order valence-corrected chi connectivity index (χ0v) is 13.4. The summed E-state index contributed by atoms with van der Waals surface area (Å²) in [6.45, 7) is 2.82. The average molecular weight is 351 g/mol. The summed E-state index contributed by atoms with van der Waals surface area (Å²) in [4.78, 5) is 16.6. The second-order valence-corrected chi connectivity index (χ2v) is 6.76. The molecule has 112 valence electrons. The summed E-state index contributed by atoms with van der Waals surface area (Å²) in [5, 5.41) is 10.2. The standard InChI is InChI=1S/C16H19BrN2O2/c17-13-3-4-15-14(7-13)12(8-18-15)10-19-5-1-2-11(9-19)6-16(20)21/h3-4,7-8,11,18H,1-2,5-6,9-10H2,(H,20,21). The lowest BCUT2D eigenvalue weighted by Crippen LogP contribution is -2.35. The van der Waals surface area contributed by atoms with Gasteiger partial charge in [0.05, 0.1) is 0 Å². The Labute approximate surface area is 132 Å². The van der Waals surface area contributed by atoms with Crippen molar-refractivity contribution in [2.24, 2.45) is 5.92 Å². The van der Waals surface area contributed by atoms with Crippen LogP contribution in [0.3, 0.4) is 0 Å². The zero-order chi connectivity index (χ0) is 14.8. The van der Waals surface area contributed by atoms with Gasteiger partial charge in [0.1, 0.15) is 0 Å². The van der Waals surface area contributed by atoms with Gasteiger partial charge in [0.2, 0.25) is 0 Å². The number of nitrogens with one attached hydrogen (secondary N) is 1. The fourth-order valence-electron chi connectivity index (χ4n) is 3.23. The molecule has 1 aromatic carbocycles. The summed E-state index contributed by atoms with van der Waals surface area (Å²) >= 11 is 3.52. The Morgan fingerprint density at radius 2 is 2.33 bits per heavy atom. The molecule has 2 heterocycles. The van der Waals surface area contributed by atoms with Gasteiger partial charge in [0.15, 0.2) is 0 Å². The van der Waals surface area contributed by atoms with Crippen LogP contribution in [0.2, 0.25) is 0 Å². The Kier molecular flexibility index (Phi) is 4.31. The maximum absolute atomic E-state index is 10.9. The van der Waals surface area contributed by atoms with Crippen molar-refractivity contribution in [2.45, 2.75) is 25.8 Å². The zero-order valence-electron chi connectivity index (χ0n) is 11.8. The fourth-order valence-corrected chi connectivity index (χ4v) is 3.59. The lowest BCUT2D eigenvalue weighted by atomic mass is 9.94. The first-order valence-corrected chi connectivity index (χ1v) is 8.11. The number of carboxylic acid groups (broad SMARTS) is 1. The molecule has 0 amide bonds. The highest BCUT2D eigenvalue weighted by Crippen LogP contribution is 2.26. The third-order valence-electron chi connectivity index (χ3n) is 4.19. The minimum absolute atomic E-state index is 0.285. The number of fused-ring (bicyclic) bond motifs is 1. The van der Waals surface area contributed by atoms with Gasteiger partial charge in [-0.2, -0.15) is 0 Å². The van der Waals surface area contributed by atoms with Crippen LogP contribution in [0, 0.1) is 5.92 Å². The smallest absolute Gasteiger partial charge is 0.303 e. The molecule has 1 atom stereocenters. The first kappa shape index (κ1) is 14.6. The molecule has 0 bridgehead atoms. The Hall–Kier alpha value is -1.33. The van der Waals surface area contributed by atoms with Gasteiger partial charge in [-0.15, -0.1) is 0 Å². The number of halogens is 1. The first-order chi connectivity index (χ1) is 10.1. The molecule has 3 rings (SSSR count). The quantitative estimate of drug-likeness (QED) is 0.885. The molecule has 4 nitrogen and oxygen atoms in total. The summed E-state index contributed by atoms with van der Waals surface area (Å²) in [6, 6.07) is 6.25. The Bertz CT molecular complexity index is 653. The molecule has 0 saturated carbocycles. The summed E-state index contributed by atoms with van der Waals surface area (Å²) < 4.78 is 1.08. The highest BCUT2D eigenvalue weighted by atomic mass is 79.9. The van der Waals surface area contributed by atoms with E-state index in [2.05, 4.69) is 44.1 Å². The number of hydrogen-bond donors (Lipinski definition) is 2. The summed E-state index contributed by atoms with van der Waals surface area (Å²) in [7, 11) is 0. The van der Waals surface area contributed by atoms with E-state index >= 15 is 0 Å². The molecule has 1 unspecified atom stereocenters. The van der Waals surface area contributed by atoms with E-state index in [1.54, 1.807) is 0 Å². The fraction of sp³-hybridized carbons (Fsp3) is 0.438. The number of nitrogens with zero attached hydrogens (tertiary/aromatic N) is 1. The van der Waals surface area contributed by atoms with Gasteiger partial charge in [0, 0.05) is 41.1 Å². The number of benzene rings is 1. The highest BCUT2D eigenvalue weighted by Gasteiger charge is 2.22. The molecule has 5 heteroatoms. The van der Waals surface area contributed by atoms with Gasteiger partial charge in [-0.25, -0.2) is 0 Å². The number of carboxylic acids is 1. The third-order valence-corrected chi connectivity index (χ3v) is 4.68. The molecule has 21 heavy (non-hydrogen) atoms. The van der Waals surface area contributed by atoms with Crippen molar-refractivity contribution in [3.63, 3.8) is 0 Å². The number of likely N-dealkylation sites (tertiary alicyclic amines) is 1. The SMILES string of the molecule is O=C(O)CC1CCCN(Cc2c[nH]c3ccc(Br)cc23)C1. The van der Waals surface area contributed by atoms with Crippen LogP contribution in [0.4, 0.5) is 0 Å². The van der Waals surface area contributed by atoms with Gasteiger partial charge in [-0.3, -0.25) is 9.69 Å². The van der Waals surface area contributed by atoms with E-state index in [-0.39, 0.29) is 12.3 Å². The van der Waals surface area contributed by atoms with Crippen LogP contribution in [0.5, 0.6) is 0 Å². The van der Waals surface area contributed by atoms with Crippen molar-refractivity contribution in [1.29, 1.82) is 0 Å². The molecular weight excluding hydrogens is 332 g/mol. The molecule has 1 aromatic heterocycles. The van der Waals surface area contributed by atoms with Crippen molar-refractivity contribution in [3.8, 4) is 0 Å². The Morgan fingerprint density at radius 1 is 1.48 bits per heavy atom. The average Bonchev–Trinajstić information content (AvgIpc) is 2.81. The van der Waals surface area contributed by atoms with Crippen LogP contribution in [0.25, 0.3) is 10.9 Å². The molecular formula is C16H19BrN2O2. The monoisotopic (exact) mass is 350 g/mol. The minimum atomic E-state index is -0.683. The second-order valence-electron chi connectivity index (χ2n) is 5.85. The number of carbonyl (C=O) groups is 1. The second kappa shape index (κ2) is 6.20. The molecule has 2 N–H and O–H groups in total. The molecule has 1 fully saturated rings. The predicted molar refractivity (Wildman–Crippen MR) is 86.3 cm³/mol. The van der Waals surface area contributed by atoms with Gasteiger partial charge >= 0.3 is 5.97 Å². The number of aliphatic carboxylic acids is 1. The number of H-pyrrole nitrogens is 1. The van der Waals surface area contributed by atoms with Gasteiger partial charge in [-0.05, 0) is 49.1 Å².